The van der Waals surface area contributed by atoms with E-state index in [1.807, 2.05) is 48.7 Å². The molecule has 3 aromatic rings. The molecule has 0 atom stereocenters. The molecular weight excluding hydrogens is 344 g/mol. The maximum Gasteiger partial charge on any atom is 0.248 e. The lowest BCUT2D eigenvalue weighted by molar-refractivity contribution is -0.111. The fraction of sp³-hybridized carbons (Fsp3) is 0.100. The van der Waals surface area contributed by atoms with E-state index in [0.29, 0.717) is 17.9 Å². The summed E-state index contributed by atoms with van der Waals surface area (Å²) in [6, 6.07) is 15.2. The van der Waals surface area contributed by atoms with Crippen molar-refractivity contribution in [2.24, 2.45) is 0 Å². The van der Waals surface area contributed by atoms with Crippen molar-refractivity contribution in [3.63, 3.8) is 0 Å². The number of nitrogen functional groups attached to an aromatic ring is 1. The molecule has 1 heterocycles. The summed E-state index contributed by atoms with van der Waals surface area (Å²) in [5.74, 6) is -0.218. The van der Waals surface area contributed by atoms with Crippen LogP contribution in [0.1, 0.15) is 16.8 Å². The molecule has 0 aliphatic rings. The van der Waals surface area contributed by atoms with E-state index in [4.69, 9.17) is 5.73 Å². The van der Waals surface area contributed by atoms with Gasteiger partial charge < -0.3 is 16.4 Å². The first-order valence-corrected chi connectivity index (χ1v) is 9.06. The van der Waals surface area contributed by atoms with Gasteiger partial charge in [-0.05, 0) is 42.3 Å². The molecular formula is C20H20N4OS. The van der Waals surface area contributed by atoms with Gasteiger partial charge in [0.1, 0.15) is 0 Å². The number of benzene rings is 2. The largest absolute Gasteiger partial charge is 0.397 e. The highest BCUT2D eigenvalue weighted by Gasteiger charge is 2.02. The van der Waals surface area contributed by atoms with Crippen LogP contribution in [-0.2, 0) is 11.3 Å². The number of para-hydroxylation sites is 2. The maximum atomic E-state index is 12.1. The monoisotopic (exact) mass is 364 g/mol. The Morgan fingerprint density at radius 2 is 2.08 bits per heavy atom. The summed E-state index contributed by atoms with van der Waals surface area (Å²) in [5, 5.41) is 9.00. The molecule has 0 bridgehead atoms. The lowest BCUT2D eigenvalue weighted by Crippen LogP contribution is -2.09. The molecule has 4 N–H and O–H groups in total. The molecule has 1 amide bonds. The van der Waals surface area contributed by atoms with E-state index >= 15 is 0 Å². The van der Waals surface area contributed by atoms with Crippen molar-refractivity contribution in [2.45, 2.75) is 13.5 Å². The number of aromatic nitrogens is 1. The number of carbonyl (C=O) groups excluding carboxylic acids is 1. The number of hydrogen-bond donors (Lipinski definition) is 3. The minimum absolute atomic E-state index is 0.218. The van der Waals surface area contributed by atoms with Crippen molar-refractivity contribution in [1.29, 1.82) is 0 Å². The predicted octanol–water partition coefficient (Wildman–Crippen LogP) is 4.30. The second-order valence-electron chi connectivity index (χ2n) is 5.80. The first-order chi connectivity index (χ1) is 12.6. The molecule has 0 fully saturated rings. The quantitative estimate of drug-likeness (QED) is 0.450. The van der Waals surface area contributed by atoms with Gasteiger partial charge in [-0.3, -0.25) is 4.79 Å². The Morgan fingerprint density at radius 1 is 1.23 bits per heavy atom. The molecule has 0 radical (unpaired) electrons. The molecule has 0 spiro atoms. The van der Waals surface area contributed by atoms with E-state index in [0.717, 1.165) is 22.0 Å². The number of carbonyl (C=O) groups is 1. The lowest BCUT2D eigenvalue weighted by Gasteiger charge is -2.05. The third-order valence-electron chi connectivity index (χ3n) is 3.66. The SMILES string of the molecule is Cc1csc(NCc2cccc(/C=C/C(=O)Nc3ccccc3N)c2)n1. The van der Waals surface area contributed by atoms with Gasteiger partial charge in [-0.25, -0.2) is 4.98 Å². The highest BCUT2D eigenvalue weighted by Crippen LogP contribution is 2.18. The van der Waals surface area contributed by atoms with Crippen LogP contribution in [0.2, 0.25) is 0 Å². The normalized spacial score (nSPS) is 10.8. The topological polar surface area (TPSA) is 80.0 Å². The van der Waals surface area contributed by atoms with E-state index in [9.17, 15) is 4.79 Å². The van der Waals surface area contributed by atoms with Crippen LogP contribution in [0.5, 0.6) is 0 Å². The first-order valence-electron chi connectivity index (χ1n) is 8.19. The van der Waals surface area contributed by atoms with Crippen molar-refractivity contribution >= 4 is 39.8 Å². The summed E-state index contributed by atoms with van der Waals surface area (Å²) >= 11 is 1.59. The van der Waals surface area contributed by atoms with E-state index in [2.05, 4.69) is 15.6 Å². The molecule has 26 heavy (non-hydrogen) atoms. The molecule has 5 nitrogen and oxygen atoms in total. The van der Waals surface area contributed by atoms with Gasteiger partial charge in [0, 0.05) is 18.0 Å². The van der Waals surface area contributed by atoms with Crippen LogP contribution >= 0.6 is 11.3 Å². The van der Waals surface area contributed by atoms with Gasteiger partial charge in [0.05, 0.1) is 17.1 Å². The Morgan fingerprint density at radius 3 is 2.85 bits per heavy atom. The molecule has 0 aliphatic heterocycles. The summed E-state index contributed by atoms with van der Waals surface area (Å²) in [4.78, 5) is 16.4. The molecule has 6 heteroatoms. The molecule has 2 aromatic carbocycles. The molecule has 132 valence electrons. The summed E-state index contributed by atoms with van der Waals surface area (Å²) in [6.45, 7) is 2.66. The second-order valence-corrected chi connectivity index (χ2v) is 6.66. The number of nitrogens with zero attached hydrogens (tertiary/aromatic N) is 1. The number of nitrogens with one attached hydrogen (secondary N) is 2. The van der Waals surface area contributed by atoms with Crippen molar-refractivity contribution in [3.8, 4) is 0 Å². The average Bonchev–Trinajstić information content (AvgIpc) is 3.06. The van der Waals surface area contributed by atoms with Crippen LogP contribution in [0.3, 0.4) is 0 Å². The van der Waals surface area contributed by atoms with Crippen LogP contribution in [-0.4, -0.2) is 10.9 Å². The fourth-order valence-corrected chi connectivity index (χ4v) is 3.06. The average molecular weight is 364 g/mol. The van der Waals surface area contributed by atoms with E-state index in [1.165, 1.54) is 6.08 Å². The van der Waals surface area contributed by atoms with Gasteiger partial charge >= 0.3 is 0 Å². The Bertz CT molecular complexity index is 933. The van der Waals surface area contributed by atoms with E-state index in [1.54, 1.807) is 29.5 Å². The lowest BCUT2D eigenvalue weighted by atomic mass is 10.1. The van der Waals surface area contributed by atoms with Crippen molar-refractivity contribution in [2.75, 3.05) is 16.4 Å². The second kappa shape index (κ2) is 8.31. The van der Waals surface area contributed by atoms with Gasteiger partial charge in [0.2, 0.25) is 5.91 Å². The van der Waals surface area contributed by atoms with Gasteiger partial charge in [0.15, 0.2) is 5.13 Å². The summed E-state index contributed by atoms with van der Waals surface area (Å²) in [7, 11) is 0. The number of amides is 1. The molecule has 0 aliphatic carbocycles. The number of nitrogens with two attached hydrogens (primary N) is 1. The van der Waals surface area contributed by atoms with Crippen LogP contribution in [0, 0.1) is 6.92 Å². The van der Waals surface area contributed by atoms with Crippen molar-refractivity contribution in [3.05, 3.63) is 76.8 Å². The van der Waals surface area contributed by atoms with Gasteiger partial charge in [-0.1, -0.05) is 30.3 Å². The minimum atomic E-state index is -0.218. The summed E-state index contributed by atoms with van der Waals surface area (Å²) < 4.78 is 0. The van der Waals surface area contributed by atoms with Crippen LogP contribution in [0.15, 0.2) is 60.0 Å². The first kappa shape index (κ1) is 17.7. The molecule has 1 aromatic heterocycles. The standard InChI is InChI=1S/C20H20N4OS/c1-14-13-26-20(23-14)22-12-16-6-4-5-15(11-16)9-10-19(25)24-18-8-3-2-7-17(18)21/h2-11,13H,12,21H2,1H3,(H,22,23)(H,24,25)/b10-9+. The summed E-state index contributed by atoms with van der Waals surface area (Å²) in [6.07, 6.45) is 3.29. The Hall–Kier alpha value is -3.12. The van der Waals surface area contributed by atoms with Crippen LogP contribution in [0.4, 0.5) is 16.5 Å². The molecule has 3 rings (SSSR count). The summed E-state index contributed by atoms with van der Waals surface area (Å²) in [5.41, 5.74) is 10.1. The van der Waals surface area contributed by atoms with Crippen LogP contribution in [0.25, 0.3) is 6.08 Å². The van der Waals surface area contributed by atoms with Gasteiger partial charge in [-0.15, -0.1) is 11.3 Å². The Kier molecular flexibility index (Phi) is 5.66. The van der Waals surface area contributed by atoms with Gasteiger partial charge in [-0.2, -0.15) is 0 Å². The molecule has 0 saturated heterocycles. The molecule has 0 unspecified atom stereocenters. The zero-order valence-electron chi connectivity index (χ0n) is 14.4. The Balaban J connectivity index is 1.59. The number of thiazole rings is 1. The number of anilines is 3. The highest BCUT2D eigenvalue weighted by molar-refractivity contribution is 7.13. The molecule has 0 saturated carbocycles. The fourth-order valence-electron chi connectivity index (χ4n) is 2.38. The zero-order chi connectivity index (χ0) is 18.4. The smallest absolute Gasteiger partial charge is 0.248 e. The van der Waals surface area contributed by atoms with Crippen LogP contribution < -0.4 is 16.4 Å². The highest BCUT2D eigenvalue weighted by atomic mass is 32.1. The number of hydrogen-bond acceptors (Lipinski definition) is 5. The maximum absolute atomic E-state index is 12.1. The van der Waals surface area contributed by atoms with Crippen molar-refractivity contribution in [1.82, 2.24) is 4.98 Å². The van der Waals surface area contributed by atoms with E-state index in [-0.39, 0.29) is 5.91 Å². The predicted molar refractivity (Wildman–Crippen MR) is 109 cm³/mol. The van der Waals surface area contributed by atoms with E-state index < -0.39 is 0 Å². The number of aryl methyl sites for hydroxylation is 1. The Labute approximate surface area is 156 Å². The third-order valence-corrected chi connectivity index (χ3v) is 4.58. The van der Waals surface area contributed by atoms with Crippen molar-refractivity contribution < 1.29 is 4.79 Å². The third kappa shape index (κ3) is 4.94. The number of rotatable bonds is 6. The zero-order valence-corrected chi connectivity index (χ0v) is 15.2. The van der Waals surface area contributed by atoms with Gasteiger partial charge in [0.25, 0.3) is 0 Å². The minimum Gasteiger partial charge on any atom is -0.397 e.